The maximum Gasteiger partial charge on any atom is 0.170 e. The zero-order valence-corrected chi connectivity index (χ0v) is 17.1. The third kappa shape index (κ3) is 2.83. The second-order valence-corrected chi connectivity index (χ2v) is 9.30. The molecule has 0 amide bonds. The Morgan fingerprint density at radius 2 is 2.14 bits per heavy atom. The molecule has 9 heteroatoms. The average molecular weight is 412 g/mol. The fraction of sp³-hybridized carbons (Fsp3) is 0.550. The minimum atomic E-state index is 0.126. The van der Waals surface area contributed by atoms with Crippen LogP contribution >= 0.6 is 11.3 Å². The third-order valence-corrected chi connectivity index (χ3v) is 7.84. The average Bonchev–Trinajstić information content (AvgIpc) is 3.45. The van der Waals surface area contributed by atoms with E-state index >= 15 is 0 Å². The molecule has 1 saturated heterocycles. The number of hydrazine groups is 1. The van der Waals surface area contributed by atoms with Gasteiger partial charge in [0.1, 0.15) is 11.5 Å². The van der Waals surface area contributed by atoms with Crippen molar-refractivity contribution in [1.82, 2.24) is 20.0 Å². The molecule has 0 bridgehead atoms. The molecule has 4 aliphatic rings. The Kier molecular flexibility index (Phi) is 4.04. The molecule has 0 radical (unpaired) electrons. The Labute approximate surface area is 173 Å². The van der Waals surface area contributed by atoms with Crippen molar-refractivity contribution in [2.45, 2.75) is 38.3 Å². The van der Waals surface area contributed by atoms with Gasteiger partial charge in [0, 0.05) is 36.1 Å². The van der Waals surface area contributed by atoms with E-state index in [2.05, 4.69) is 26.4 Å². The van der Waals surface area contributed by atoms with Gasteiger partial charge in [-0.15, -0.1) is 11.3 Å². The number of fused-ring (bicyclic) bond motifs is 2. The number of nitrogens with zero attached hydrogens (tertiary/aromatic N) is 5. The fourth-order valence-electron chi connectivity index (χ4n) is 5.07. The molecule has 8 nitrogen and oxygen atoms in total. The molecule has 29 heavy (non-hydrogen) atoms. The normalized spacial score (nSPS) is 25.0. The van der Waals surface area contributed by atoms with E-state index in [-0.39, 0.29) is 11.5 Å². The van der Waals surface area contributed by atoms with Gasteiger partial charge in [0.2, 0.25) is 0 Å². The number of hydrogen-bond acceptors (Lipinski definition) is 9. The van der Waals surface area contributed by atoms with Crippen LogP contribution in [0.3, 0.4) is 0 Å². The Morgan fingerprint density at radius 3 is 2.93 bits per heavy atom. The van der Waals surface area contributed by atoms with Gasteiger partial charge in [0.05, 0.1) is 37.2 Å². The van der Waals surface area contributed by atoms with Crippen molar-refractivity contribution in [2.24, 2.45) is 11.1 Å². The number of rotatable bonds is 2. The van der Waals surface area contributed by atoms with E-state index in [0.717, 1.165) is 69.3 Å². The molecule has 152 valence electrons. The van der Waals surface area contributed by atoms with Crippen molar-refractivity contribution in [3.63, 3.8) is 0 Å². The second kappa shape index (κ2) is 6.65. The minimum Gasteiger partial charge on any atom is -0.377 e. The summed E-state index contributed by atoms with van der Waals surface area (Å²) in [6.07, 6.45) is 8.14. The van der Waals surface area contributed by atoms with Crippen molar-refractivity contribution < 1.29 is 4.74 Å². The van der Waals surface area contributed by atoms with Gasteiger partial charge in [-0.1, -0.05) is 0 Å². The van der Waals surface area contributed by atoms with Gasteiger partial charge in [-0.3, -0.25) is 15.4 Å². The highest BCUT2D eigenvalue weighted by Crippen LogP contribution is 2.51. The number of aromatic nitrogens is 3. The summed E-state index contributed by atoms with van der Waals surface area (Å²) in [5.41, 5.74) is 15.6. The number of anilines is 2. The van der Waals surface area contributed by atoms with E-state index < -0.39 is 0 Å². The summed E-state index contributed by atoms with van der Waals surface area (Å²) in [5, 5.41) is 2.14. The molecular weight excluding hydrogens is 386 g/mol. The predicted octanol–water partition coefficient (Wildman–Crippen LogP) is 2.22. The van der Waals surface area contributed by atoms with Crippen LogP contribution in [-0.2, 0) is 17.7 Å². The molecule has 5 heterocycles. The van der Waals surface area contributed by atoms with Crippen LogP contribution in [0.5, 0.6) is 0 Å². The summed E-state index contributed by atoms with van der Waals surface area (Å²) in [6, 6.07) is 0.126. The molecule has 2 aromatic heterocycles. The molecule has 6 rings (SSSR count). The number of thiazole rings is 1. The Balaban J connectivity index is 1.15. The fourth-order valence-corrected chi connectivity index (χ4v) is 6.02. The summed E-state index contributed by atoms with van der Waals surface area (Å²) in [4.78, 5) is 17.8. The smallest absolute Gasteiger partial charge is 0.170 e. The summed E-state index contributed by atoms with van der Waals surface area (Å²) >= 11 is 1.71. The van der Waals surface area contributed by atoms with Gasteiger partial charge in [0.25, 0.3) is 0 Å². The largest absolute Gasteiger partial charge is 0.377 e. The van der Waals surface area contributed by atoms with Crippen molar-refractivity contribution in [3.05, 3.63) is 39.7 Å². The predicted molar refractivity (Wildman–Crippen MR) is 111 cm³/mol. The summed E-state index contributed by atoms with van der Waals surface area (Å²) in [6.45, 7) is 4.12. The third-order valence-electron chi connectivity index (χ3n) is 6.89. The van der Waals surface area contributed by atoms with E-state index in [0.29, 0.717) is 6.61 Å². The first-order valence-electron chi connectivity index (χ1n) is 10.3. The lowest BCUT2D eigenvalue weighted by Gasteiger charge is -2.42. The maximum atomic E-state index is 6.64. The topological polar surface area (TPSA) is 92.4 Å². The van der Waals surface area contributed by atoms with Gasteiger partial charge in [-0.25, -0.2) is 9.97 Å². The molecule has 1 fully saturated rings. The van der Waals surface area contributed by atoms with E-state index in [1.54, 1.807) is 11.3 Å². The SMILES string of the molecule is N[C@@H]1c2scnc2CC12CCN(c1cnc3c(n1)NN(C1=CCOCC1)C3)CC2. The highest BCUT2D eigenvalue weighted by molar-refractivity contribution is 7.09. The van der Waals surface area contributed by atoms with Crippen molar-refractivity contribution in [2.75, 3.05) is 36.6 Å². The molecule has 0 saturated carbocycles. The first kappa shape index (κ1) is 17.6. The van der Waals surface area contributed by atoms with Crippen LogP contribution in [0.4, 0.5) is 11.6 Å². The van der Waals surface area contributed by atoms with E-state index in [1.807, 2.05) is 11.7 Å². The van der Waals surface area contributed by atoms with Gasteiger partial charge in [0.15, 0.2) is 5.82 Å². The number of ether oxygens (including phenoxy) is 1. The van der Waals surface area contributed by atoms with Crippen LogP contribution in [0.2, 0.25) is 0 Å². The van der Waals surface area contributed by atoms with Crippen LogP contribution in [-0.4, -0.2) is 46.3 Å². The van der Waals surface area contributed by atoms with Crippen LogP contribution in [0.25, 0.3) is 0 Å². The number of hydrogen-bond donors (Lipinski definition) is 2. The molecular formula is C20H25N7OS. The molecule has 3 N–H and O–H groups in total. The number of piperidine rings is 1. The van der Waals surface area contributed by atoms with Crippen LogP contribution in [0, 0.1) is 5.41 Å². The molecule has 0 unspecified atom stereocenters. The van der Waals surface area contributed by atoms with E-state index in [9.17, 15) is 0 Å². The molecule has 2 aromatic rings. The molecule has 3 aliphatic heterocycles. The number of nitrogens with one attached hydrogen (secondary N) is 1. The summed E-state index contributed by atoms with van der Waals surface area (Å²) < 4.78 is 5.42. The highest BCUT2D eigenvalue weighted by Gasteiger charge is 2.47. The van der Waals surface area contributed by atoms with Gasteiger partial charge in [-0.2, -0.15) is 0 Å². The summed E-state index contributed by atoms with van der Waals surface area (Å²) in [5.74, 6) is 1.83. The van der Waals surface area contributed by atoms with Crippen molar-refractivity contribution in [3.8, 4) is 0 Å². The van der Waals surface area contributed by atoms with Gasteiger partial charge in [-0.05, 0) is 30.8 Å². The minimum absolute atomic E-state index is 0.126. The Morgan fingerprint density at radius 1 is 1.24 bits per heavy atom. The van der Waals surface area contributed by atoms with Gasteiger partial charge < -0.3 is 15.4 Å². The quantitative estimate of drug-likeness (QED) is 0.777. The van der Waals surface area contributed by atoms with Crippen LogP contribution in [0.1, 0.15) is 41.6 Å². The van der Waals surface area contributed by atoms with Crippen molar-refractivity contribution in [1.29, 1.82) is 0 Å². The monoisotopic (exact) mass is 411 g/mol. The lowest BCUT2D eigenvalue weighted by molar-refractivity contribution is 0.143. The molecule has 1 aliphatic carbocycles. The highest BCUT2D eigenvalue weighted by atomic mass is 32.1. The zero-order chi connectivity index (χ0) is 19.4. The Hall–Kier alpha value is -2.23. The Bertz CT molecular complexity index is 965. The summed E-state index contributed by atoms with van der Waals surface area (Å²) in [7, 11) is 0. The van der Waals surface area contributed by atoms with Gasteiger partial charge >= 0.3 is 0 Å². The van der Waals surface area contributed by atoms with E-state index in [1.165, 1.54) is 16.3 Å². The maximum absolute atomic E-state index is 6.64. The first-order chi connectivity index (χ1) is 14.2. The lowest BCUT2D eigenvalue weighted by atomic mass is 9.74. The second-order valence-electron chi connectivity index (χ2n) is 8.41. The first-order valence-corrected chi connectivity index (χ1v) is 11.2. The zero-order valence-electron chi connectivity index (χ0n) is 16.3. The van der Waals surface area contributed by atoms with Crippen LogP contribution in [0.15, 0.2) is 23.5 Å². The van der Waals surface area contributed by atoms with E-state index in [4.69, 9.17) is 20.4 Å². The molecule has 1 atom stereocenters. The molecule has 1 spiro atoms. The molecule has 0 aromatic carbocycles. The van der Waals surface area contributed by atoms with Crippen molar-refractivity contribution >= 4 is 23.0 Å². The van der Waals surface area contributed by atoms with Crippen LogP contribution < -0.4 is 16.1 Å². The lowest BCUT2D eigenvalue weighted by Crippen LogP contribution is -2.44. The standard InChI is InChI=1S/C20H25N7OS/c21-18-17-14(23-12-29-17)9-20(18)3-5-26(6-4-20)16-10-22-15-11-27(25-19(15)24-16)13-1-7-28-8-2-13/h1,10,12,18H,2-9,11,21H2,(H,24,25)/t18-/m1/s1. The number of nitrogens with two attached hydrogens (primary N) is 1.